The number of aromatic nitrogens is 3. The van der Waals surface area contributed by atoms with Gasteiger partial charge in [0.05, 0.1) is 5.69 Å². The molecule has 5 nitrogen and oxygen atoms in total. The fourth-order valence-electron chi connectivity index (χ4n) is 2.06. The van der Waals surface area contributed by atoms with E-state index >= 15 is 0 Å². The molecule has 0 unspecified atom stereocenters. The molecular weight excluding hydrogens is 240 g/mol. The first-order valence-electron chi connectivity index (χ1n) is 6.04. The molecule has 2 heterocycles. The van der Waals surface area contributed by atoms with Crippen LogP contribution in [0.1, 0.15) is 18.5 Å². The van der Waals surface area contributed by atoms with Gasteiger partial charge in [-0.1, -0.05) is 0 Å². The summed E-state index contributed by atoms with van der Waals surface area (Å²) >= 11 is 0. The van der Waals surface area contributed by atoms with Gasteiger partial charge in [-0.05, 0) is 37.3 Å². The van der Waals surface area contributed by atoms with E-state index in [2.05, 4.69) is 10.1 Å². The molecule has 0 bridgehead atoms. The quantitative estimate of drug-likeness (QED) is 0.734. The Morgan fingerprint density at radius 1 is 1.26 bits per heavy atom. The van der Waals surface area contributed by atoms with Crippen LogP contribution in [0, 0.1) is 0 Å². The zero-order valence-electron chi connectivity index (χ0n) is 10.5. The van der Waals surface area contributed by atoms with Crippen molar-refractivity contribution in [1.29, 1.82) is 0 Å². The van der Waals surface area contributed by atoms with Gasteiger partial charge >= 0.3 is 0 Å². The van der Waals surface area contributed by atoms with Gasteiger partial charge in [-0.15, -0.1) is 0 Å². The molecule has 1 atom stereocenters. The van der Waals surface area contributed by atoms with Crippen LogP contribution in [0.5, 0.6) is 5.75 Å². The van der Waals surface area contributed by atoms with Crippen LogP contribution in [0.25, 0.3) is 16.9 Å². The minimum absolute atomic E-state index is 0.141. The van der Waals surface area contributed by atoms with Crippen molar-refractivity contribution in [3.8, 4) is 17.0 Å². The summed E-state index contributed by atoms with van der Waals surface area (Å²) in [5.41, 5.74) is 9.45. The number of aromatic hydroxyl groups is 1. The molecular formula is C14H14N4O. The molecule has 2 aromatic heterocycles. The van der Waals surface area contributed by atoms with Gasteiger partial charge in [-0.3, -0.25) is 0 Å². The zero-order valence-corrected chi connectivity index (χ0v) is 10.5. The maximum Gasteiger partial charge on any atom is 0.153 e. The van der Waals surface area contributed by atoms with Crippen LogP contribution < -0.4 is 5.73 Å². The largest absolute Gasteiger partial charge is 0.508 e. The van der Waals surface area contributed by atoms with Crippen LogP contribution in [0.3, 0.4) is 0 Å². The summed E-state index contributed by atoms with van der Waals surface area (Å²) < 4.78 is 1.72. The number of imidazole rings is 1. The maximum atomic E-state index is 9.36. The van der Waals surface area contributed by atoms with Gasteiger partial charge in [0.2, 0.25) is 0 Å². The molecule has 0 aliphatic heterocycles. The fraction of sp³-hybridized carbons (Fsp3) is 0.143. The Morgan fingerprint density at radius 3 is 2.68 bits per heavy atom. The second kappa shape index (κ2) is 4.37. The lowest BCUT2D eigenvalue weighted by Crippen LogP contribution is -2.10. The molecule has 3 rings (SSSR count). The minimum atomic E-state index is -0.141. The molecule has 0 saturated heterocycles. The Balaban J connectivity index is 2.25. The van der Waals surface area contributed by atoms with E-state index in [1.54, 1.807) is 29.0 Å². The van der Waals surface area contributed by atoms with Gasteiger partial charge in [-0.25, -0.2) is 9.50 Å². The Kier molecular flexibility index (Phi) is 2.68. The lowest BCUT2D eigenvalue weighted by molar-refractivity contribution is 0.475. The third kappa shape index (κ3) is 2.04. The number of rotatable bonds is 2. The fourth-order valence-corrected chi connectivity index (χ4v) is 2.06. The summed E-state index contributed by atoms with van der Waals surface area (Å²) in [5, 5.41) is 13.9. The normalized spacial score (nSPS) is 12.7. The molecule has 19 heavy (non-hydrogen) atoms. The first kappa shape index (κ1) is 11.7. The van der Waals surface area contributed by atoms with Gasteiger partial charge in [0.15, 0.2) is 5.65 Å². The molecule has 0 saturated carbocycles. The van der Waals surface area contributed by atoms with Crippen LogP contribution in [0.4, 0.5) is 0 Å². The lowest BCUT2D eigenvalue weighted by atomic mass is 10.0. The smallest absolute Gasteiger partial charge is 0.153 e. The number of phenols is 1. The van der Waals surface area contributed by atoms with Crippen LogP contribution in [-0.4, -0.2) is 19.7 Å². The average Bonchev–Trinajstić information content (AvgIpc) is 2.85. The monoisotopic (exact) mass is 254 g/mol. The Hall–Kier alpha value is -2.40. The van der Waals surface area contributed by atoms with E-state index in [4.69, 9.17) is 5.73 Å². The summed E-state index contributed by atoms with van der Waals surface area (Å²) in [6.45, 7) is 1.92. The molecule has 0 aliphatic carbocycles. The van der Waals surface area contributed by atoms with Gasteiger partial charge in [0, 0.05) is 29.6 Å². The van der Waals surface area contributed by atoms with Crippen molar-refractivity contribution in [1.82, 2.24) is 14.6 Å². The lowest BCUT2D eigenvalue weighted by Gasteiger charge is -2.12. The second-order valence-electron chi connectivity index (χ2n) is 4.51. The number of hydrogen-bond donors (Lipinski definition) is 2. The van der Waals surface area contributed by atoms with Crippen molar-refractivity contribution in [2.24, 2.45) is 5.73 Å². The summed E-state index contributed by atoms with van der Waals surface area (Å²) in [6, 6.07) is 8.73. The minimum Gasteiger partial charge on any atom is -0.508 e. The molecule has 0 aliphatic rings. The summed E-state index contributed by atoms with van der Waals surface area (Å²) in [7, 11) is 0. The van der Waals surface area contributed by atoms with E-state index in [1.165, 1.54) is 0 Å². The number of fused-ring (bicyclic) bond motifs is 1. The van der Waals surface area contributed by atoms with Crippen molar-refractivity contribution >= 4 is 5.65 Å². The molecule has 0 spiro atoms. The predicted octanol–water partition coefficient (Wildman–Crippen LogP) is 2.12. The number of nitrogens with zero attached hydrogens (tertiary/aromatic N) is 3. The van der Waals surface area contributed by atoms with Gasteiger partial charge < -0.3 is 10.8 Å². The van der Waals surface area contributed by atoms with E-state index in [0.29, 0.717) is 0 Å². The van der Waals surface area contributed by atoms with Crippen molar-refractivity contribution in [2.75, 3.05) is 0 Å². The summed E-state index contributed by atoms with van der Waals surface area (Å²) in [5.74, 6) is 0.231. The maximum absolute atomic E-state index is 9.36. The average molecular weight is 254 g/mol. The second-order valence-corrected chi connectivity index (χ2v) is 4.51. The van der Waals surface area contributed by atoms with Crippen LogP contribution in [0.15, 0.2) is 42.7 Å². The third-order valence-electron chi connectivity index (χ3n) is 3.05. The van der Waals surface area contributed by atoms with Gasteiger partial charge in [0.25, 0.3) is 0 Å². The van der Waals surface area contributed by atoms with Crippen molar-refractivity contribution < 1.29 is 5.11 Å². The van der Waals surface area contributed by atoms with Crippen molar-refractivity contribution in [2.45, 2.75) is 13.0 Å². The first-order valence-corrected chi connectivity index (χ1v) is 6.04. The summed E-state index contributed by atoms with van der Waals surface area (Å²) in [6.07, 6.45) is 3.50. The van der Waals surface area contributed by atoms with E-state index < -0.39 is 0 Å². The molecule has 5 heteroatoms. The molecule has 96 valence electrons. The van der Waals surface area contributed by atoms with Crippen molar-refractivity contribution in [3.05, 3.63) is 48.3 Å². The highest BCUT2D eigenvalue weighted by molar-refractivity contribution is 5.66. The third-order valence-corrected chi connectivity index (χ3v) is 3.05. The van der Waals surface area contributed by atoms with Crippen LogP contribution >= 0.6 is 0 Å². The number of hydrogen-bond acceptors (Lipinski definition) is 4. The Morgan fingerprint density at radius 2 is 2.00 bits per heavy atom. The SMILES string of the molecule is C[C@H](N)c1cc2nccn2nc1-c1ccc(O)cc1. The zero-order chi connectivity index (χ0) is 13.4. The number of nitrogens with two attached hydrogens (primary N) is 1. The van der Waals surface area contributed by atoms with E-state index in [1.807, 2.05) is 25.1 Å². The van der Waals surface area contributed by atoms with Crippen LogP contribution in [-0.2, 0) is 0 Å². The van der Waals surface area contributed by atoms with Crippen LogP contribution in [0.2, 0.25) is 0 Å². The first-order chi connectivity index (χ1) is 9.15. The molecule has 0 radical (unpaired) electrons. The molecule has 1 aromatic carbocycles. The highest BCUT2D eigenvalue weighted by Gasteiger charge is 2.13. The Labute approximate surface area is 110 Å². The Bertz CT molecular complexity index is 716. The molecule has 0 amide bonds. The molecule has 0 fully saturated rings. The number of benzene rings is 1. The van der Waals surface area contributed by atoms with Gasteiger partial charge in [0.1, 0.15) is 5.75 Å². The highest BCUT2D eigenvalue weighted by Crippen LogP contribution is 2.27. The predicted molar refractivity (Wildman–Crippen MR) is 72.7 cm³/mol. The number of phenolic OH excluding ortho intramolecular Hbond substituents is 1. The standard InChI is InChI=1S/C14H14N4O/c1-9(15)12-8-13-16-6-7-18(13)17-14(12)10-2-4-11(19)5-3-10/h2-9,19H,15H2,1H3/t9-/m0/s1. The molecule has 3 N–H and O–H groups in total. The van der Waals surface area contributed by atoms with E-state index in [9.17, 15) is 5.11 Å². The molecule has 3 aromatic rings. The summed E-state index contributed by atoms with van der Waals surface area (Å²) in [4.78, 5) is 4.22. The van der Waals surface area contributed by atoms with E-state index in [-0.39, 0.29) is 11.8 Å². The van der Waals surface area contributed by atoms with Crippen molar-refractivity contribution in [3.63, 3.8) is 0 Å². The van der Waals surface area contributed by atoms with Gasteiger partial charge in [-0.2, -0.15) is 5.10 Å². The van der Waals surface area contributed by atoms with E-state index in [0.717, 1.165) is 22.5 Å². The highest BCUT2D eigenvalue weighted by atomic mass is 16.3. The topological polar surface area (TPSA) is 76.4 Å².